The molecule has 112 valence electrons. The van der Waals surface area contributed by atoms with Crippen LogP contribution in [0.4, 0.5) is 13.2 Å². The van der Waals surface area contributed by atoms with Gasteiger partial charge in [0.1, 0.15) is 0 Å². The second-order valence-corrected chi connectivity index (χ2v) is 4.36. The lowest BCUT2D eigenvalue weighted by atomic mass is 10.2. The van der Waals surface area contributed by atoms with E-state index in [9.17, 15) is 13.2 Å². The molecule has 0 aliphatic heterocycles. The van der Waals surface area contributed by atoms with Crippen LogP contribution >= 0.6 is 24.0 Å². The van der Waals surface area contributed by atoms with E-state index in [0.29, 0.717) is 25.0 Å². The fourth-order valence-corrected chi connectivity index (χ4v) is 1.78. The predicted octanol–water partition coefficient (Wildman–Crippen LogP) is 3.22. The van der Waals surface area contributed by atoms with Gasteiger partial charge in [0, 0.05) is 26.1 Å². The van der Waals surface area contributed by atoms with Gasteiger partial charge in [-0.25, -0.2) is 0 Å². The number of nitrogens with one attached hydrogen (secondary N) is 2. The van der Waals surface area contributed by atoms with Gasteiger partial charge in [0.25, 0.3) is 0 Å². The van der Waals surface area contributed by atoms with Crippen LogP contribution in [0, 0.1) is 0 Å². The molecule has 0 radical (unpaired) electrons. The molecule has 0 saturated heterocycles. The Morgan fingerprint density at radius 3 is 2.42 bits per heavy atom. The fraction of sp³-hybridized carbons (Fsp3) is 0.750. The van der Waals surface area contributed by atoms with Gasteiger partial charge in [-0.05, 0) is 25.7 Å². The first-order valence-electron chi connectivity index (χ1n) is 6.20. The van der Waals surface area contributed by atoms with Crippen molar-refractivity contribution in [1.82, 2.24) is 10.6 Å². The fourth-order valence-electron chi connectivity index (χ4n) is 1.78. The van der Waals surface area contributed by atoms with Crippen molar-refractivity contribution in [2.45, 2.75) is 44.3 Å². The lowest BCUT2D eigenvalue weighted by molar-refractivity contribution is -0.135. The lowest BCUT2D eigenvalue weighted by Crippen LogP contribution is -2.42. The molecule has 2 N–H and O–H groups in total. The van der Waals surface area contributed by atoms with Gasteiger partial charge >= 0.3 is 6.18 Å². The van der Waals surface area contributed by atoms with Crippen LogP contribution in [0.15, 0.2) is 17.1 Å². The number of guanidine groups is 1. The Morgan fingerprint density at radius 2 is 1.89 bits per heavy atom. The van der Waals surface area contributed by atoms with Gasteiger partial charge in [-0.2, -0.15) is 13.2 Å². The normalized spacial score (nSPS) is 16.3. The Hall–Kier alpha value is -0.470. The molecule has 0 aromatic heterocycles. The molecule has 1 aliphatic rings. The van der Waals surface area contributed by atoms with Crippen molar-refractivity contribution in [3.63, 3.8) is 0 Å². The van der Waals surface area contributed by atoms with Crippen LogP contribution < -0.4 is 10.6 Å². The van der Waals surface area contributed by atoms with E-state index >= 15 is 0 Å². The highest BCUT2D eigenvalue weighted by Gasteiger charge is 2.25. The summed E-state index contributed by atoms with van der Waals surface area (Å²) in [4.78, 5) is 4.04. The minimum Gasteiger partial charge on any atom is -0.356 e. The third-order valence-corrected chi connectivity index (χ3v) is 2.75. The van der Waals surface area contributed by atoms with E-state index in [1.54, 1.807) is 7.05 Å². The highest BCUT2D eigenvalue weighted by Crippen LogP contribution is 2.21. The van der Waals surface area contributed by atoms with E-state index < -0.39 is 12.6 Å². The van der Waals surface area contributed by atoms with Crippen LogP contribution in [-0.2, 0) is 0 Å². The van der Waals surface area contributed by atoms with E-state index in [-0.39, 0.29) is 30.4 Å². The van der Waals surface area contributed by atoms with Gasteiger partial charge < -0.3 is 10.6 Å². The molecule has 0 spiro atoms. The van der Waals surface area contributed by atoms with Crippen LogP contribution in [0.2, 0.25) is 0 Å². The highest BCUT2D eigenvalue weighted by molar-refractivity contribution is 14.0. The first kappa shape index (κ1) is 18.5. The number of hydrogen-bond donors (Lipinski definition) is 2. The zero-order chi connectivity index (χ0) is 13.4. The summed E-state index contributed by atoms with van der Waals surface area (Å²) >= 11 is 0. The SMILES string of the molecule is CN=C(NCCCCC(F)(F)F)NC1CC=CC1.I. The van der Waals surface area contributed by atoms with E-state index in [0.717, 1.165) is 12.8 Å². The number of rotatable bonds is 5. The molecule has 0 bridgehead atoms. The number of unbranched alkanes of at least 4 members (excludes halogenated alkanes) is 1. The summed E-state index contributed by atoms with van der Waals surface area (Å²) < 4.78 is 35.7. The molecule has 3 nitrogen and oxygen atoms in total. The highest BCUT2D eigenvalue weighted by atomic mass is 127. The van der Waals surface area contributed by atoms with E-state index in [1.807, 2.05) is 0 Å². The maximum atomic E-state index is 11.9. The van der Waals surface area contributed by atoms with Crippen LogP contribution in [0.5, 0.6) is 0 Å². The van der Waals surface area contributed by atoms with E-state index in [2.05, 4.69) is 27.8 Å². The zero-order valence-corrected chi connectivity index (χ0v) is 13.3. The summed E-state index contributed by atoms with van der Waals surface area (Å²) in [5.41, 5.74) is 0. The van der Waals surface area contributed by atoms with Crippen molar-refractivity contribution in [3.8, 4) is 0 Å². The second kappa shape index (κ2) is 9.44. The van der Waals surface area contributed by atoms with Crippen LogP contribution in [0.25, 0.3) is 0 Å². The Morgan fingerprint density at radius 1 is 1.26 bits per heavy atom. The molecule has 0 amide bonds. The van der Waals surface area contributed by atoms with Crippen molar-refractivity contribution in [3.05, 3.63) is 12.2 Å². The average molecular weight is 391 g/mol. The smallest absolute Gasteiger partial charge is 0.356 e. The maximum absolute atomic E-state index is 11.9. The third kappa shape index (κ3) is 9.12. The summed E-state index contributed by atoms with van der Waals surface area (Å²) in [5, 5.41) is 6.25. The molecule has 19 heavy (non-hydrogen) atoms. The maximum Gasteiger partial charge on any atom is 0.389 e. The summed E-state index contributed by atoms with van der Waals surface area (Å²) in [6.07, 6.45) is 2.02. The molecule has 7 heteroatoms. The average Bonchev–Trinajstić information content (AvgIpc) is 2.78. The molecule has 0 aromatic carbocycles. The van der Waals surface area contributed by atoms with Crippen molar-refractivity contribution in [2.24, 2.45) is 4.99 Å². The standard InChI is InChI=1S/C12H20F3N3.HI/c1-16-11(18-10-6-2-3-7-10)17-9-5-4-8-12(13,14)15;/h2-3,10H,4-9H2,1H3,(H2,16,17,18);1H. The number of nitrogens with zero attached hydrogens (tertiary/aromatic N) is 1. The summed E-state index contributed by atoms with van der Waals surface area (Å²) in [7, 11) is 1.66. The molecular weight excluding hydrogens is 370 g/mol. The first-order chi connectivity index (χ1) is 8.51. The van der Waals surface area contributed by atoms with E-state index in [1.165, 1.54) is 0 Å². The molecule has 0 aromatic rings. The first-order valence-corrected chi connectivity index (χ1v) is 6.20. The quantitative estimate of drug-likeness (QED) is 0.248. The van der Waals surface area contributed by atoms with Gasteiger partial charge in [0.2, 0.25) is 0 Å². The number of aliphatic imine (C=N–C) groups is 1. The van der Waals surface area contributed by atoms with Gasteiger partial charge in [0.05, 0.1) is 0 Å². The Bertz CT molecular complexity index is 295. The molecule has 1 rings (SSSR count). The largest absolute Gasteiger partial charge is 0.389 e. The number of halogens is 4. The molecule has 1 aliphatic carbocycles. The summed E-state index contributed by atoms with van der Waals surface area (Å²) in [6.45, 7) is 0.510. The van der Waals surface area contributed by atoms with Crippen molar-refractivity contribution >= 4 is 29.9 Å². The second-order valence-electron chi connectivity index (χ2n) is 4.36. The third-order valence-electron chi connectivity index (χ3n) is 2.75. The van der Waals surface area contributed by atoms with Gasteiger partial charge in [-0.1, -0.05) is 12.2 Å². The summed E-state index contributed by atoms with van der Waals surface area (Å²) in [6, 6.07) is 0.353. The van der Waals surface area contributed by atoms with Crippen LogP contribution in [-0.4, -0.2) is 31.8 Å². The lowest BCUT2D eigenvalue weighted by Gasteiger charge is -2.16. The van der Waals surface area contributed by atoms with Gasteiger partial charge in [-0.15, -0.1) is 24.0 Å². The molecule has 0 unspecified atom stereocenters. The monoisotopic (exact) mass is 391 g/mol. The minimum absolute atomic E-state index is 0. The van der Waals surface area contributed by atoms with Crippen LogP contribution in [0.1, 0.15) is 32.1 Å². The molecule has 0 heterocycles. The van der Waals surface area contributed by atoms with Crippen molar-refractivity contribution in [2.75, 3.05) is 13.6 Å². The number of hydrogen-bond acceptors (Lipinski definition) is 1. The zero-order valence-electron chi connectivity index (χ0n) is 11.0. The predicted molar refractivity (Wildman–Crippen MR) is 82.0 cm³/mol. The Labute approximate surface area is 129 Å². The number of alkyl halides is 3. The van der Waals surface area contributed by atoms with Crippen molar-refractivity contribution < 1.29 is 13.2 Å². The molecule has 0 atom stereocenters. The topological polar surface area (TPSA) is 36.4 Å². The summed E-state index contributed by atoms with van der Waals surface area (Å²) in [5.74, 6) is 0.663. The van der Waals surface area contributed by atoms with Crippen LogP contribution in [0.3, 0.4) is 0 Å². The Kier molecular flexibility index (Phi) is 9.20. The minimum atomic E-state index is -4.05. The molecule has 0 fully saturated rings. The van der Waals surface area contributed by atoms with E-state index in [4.69, 9.17) is 0 Å². The Balaban J connectivity index is 0.00000324. The van der Waals surface area contributed by atoms with Gasteiger partial charge in [0.15, 0.2) is 5.96 Å². The molecule has 0 saturated carbocycles. The molecular formula is C12H21F3IN3. The van der Waals surface area contributed by atoms with Gasteiger partial charge in [-0.3, -0.25) is 4.99 Å². The van der Waals surface area contributed by atoms with Crippen molar-refractivity contribution in [1.29, 1.82) is 0 Å².